The lowest BCUT2D eigenvalue weighted by Crippen LogP contribution is -2.24. The number of sulfonamides is 1. The number of fused-ring (bicyclic) bond motifs is 1. The lowest BCUT2D eigenvalue weighted by Gasteiger charge is -2.08. The molecule has 1 aromatic heterocycles. The molecular weight excluding hydrogens is 340 g/mol. The summed E-state index contributed by atoms with van der Waals surface area (Å²) < 4.78 is 25.1. The van der Waals surface area contributed by atoms with Gasteiger partial charge in [0.05, 0.1) is 15.9 Å². The number of hydrogen-bond donors (Lipinski definition) is 2. The summed E-state index contributed by atoms with van der Waals surface area (Å²) >= 11 is 0. The predicted molar refractivity (Wildman–Crippen MR) is 97.6 cm³/mol. The first-order valence-electron chi connectivity index (χ1n) is 8.65. The molecule has 2 aromatic rings. The van der Waals surface area contributed by atoms with Gasteiger partial charge < -0.3 is 9.88 Å². The van der Waals surface area contributed by atoms with E-state index in [0.29, 0.717) is 24.9 Å². The van der Waals surface area contributed by atoms with Crippen LogP contribution in [0.2, 0.25) is 0 Å². The van der Waals surface area contributed by atoms with E-state index in [1.54, 1.807) is 6.07 Å². The van der Waals surface area contributed by atoms with Crippen molar-refractivity contribution in [2.75, 3.05) is 6.54 Å². The number of amides is 1. The van der Waals surface area contributed by atoms with Crippen molar-refractivity contribution in [2.45, 2.75) is 57.4 Å². The SMILES string of the molecule is CCCCNC(=O)CCc1nc2cc(S(N)(=O)=O)ccc2n1CCC. The first-order chi connectivity index (χ1) is 11.9. The van der Waals surface area contributed by atoms with E-state index >= 15 is 0 Å². The summed E-state index contributed by atoms with van der Waals surface area (Å²) in [5, 5.41) is 8.09. The summed E-state index contributed by atoms with van der Waals surface area (Å²) in [5.74, 6) is 0.794. The highest BCUT2D eigenvalue weighted by molar-refractivity contribution is 7.89. The van der Waals surface area contributed by atoms with Crippen LogP contribution in [0, 0.1) is 0 Å². The maximum atomic E-state index is 11.9. The number of nitrogens with zero attached hydrogens (tertiary/aromatic N) is 2. The highest BCUT2D eigenvalue weighted by Crippen LogP contribution is 2.21. The first kappa shape index (κ1) is 19.4. The maximum absolute atomic E-state index is 11.9. The van der Waals surface area contributed by atoms with Crippen LogP contribution in [0.3, 0.4) is 0 Å². The molecule has 0 radical (unpaired) electrons. The second-order valence-electron chi connectivity index (χ2n) is 6.08. The lowest BCUT2D eigenvalue weighted by atomic mass is 10.2. The molecule has 7 nitrogen and oxygen atoms in total. The number of primary sulfonamides is 1. The highest BCUT2D eigenvalue weighted by Gasteiger charge is 2.15. The number of aryl methyl sites for hydroxylation is 2. The van der Waals surface area contributed by atoms with Crippen molar-refractivity contribution in [1.29, 1.82) is 0 Å². The Morgan fingerprint density at radius 3 is 2.68 bits per heavy atom. The number of nitrogens with one attached hydrogen (secondary N) is 1. The summed E-state index contributed by atoms with van der Waals surface area (Å²) in [6.07, 6.45) is 3.80. The van der Waals surface area contributed by atoms with Gasteiger partial charge in [-0.1, -0.05) is 20.3 Å². The molecule has 1 aromatic carbocycles. The Bertz CT molecular complexity index is 843. The highest BCUT2D eigenvalue weighted by atomic mass is 32.2. The van der Waals surface area contributed by atoms with Gasteiger partial charge in [0.2, 0.25) is 15.9 Å². The van der Waals surface area contributed by atoms with Crippen molar-refractivity contribution >= 4 is 27.0 Å². The second kappa shape index (κ2) is 8.44. The molecule has 0 unspecified atom stereocenters. The van der Waals surface area contributed by atoms with Crippen molar-refractivity contribution in [3.05, 3.63) is 24.0 Å². The van der Waals surface area contributed by atoms with Crippen molar-refractivity contribution in [3.8, 4) is 0 Å². The molecule has 0 spiro atoms. The number of carbonyl (C=O) groups excluding carboxylic acids is 1. The Labute approximate surface area is 148 Å². The number of nitrogens with two attached hydrogens (primary N) is 1. The van der Waals surface area contributed by atoms with Crippen LogP contribution >= 0.6 is 0 Å². The fraction of sp³-hybridized carbons (Fsp3) is 0.529. The van der Waals surface area contributed by atoms with Crippen LogP contribution in [0.15, 0.2) is 23.1 Å². The maximum Gasteiger partial charge on any atom is 0.238 e. The smallest absolute Gasteiger partial charge is 0.238 e. The third-order valence-corrected chi connectivity index (χ3v) is 4.91. The fourth-order valence-corrected chi connectivity index (χ4v) is 3.25. The van der Waals surface area contributed by atoms with Crippen molar-refractivity contribution < 1.29 is 13.2 Å². The van der Waals surface area contributed by atoms with E-state index in [-0.39, 0.29) is 10.8 Å². The van der Waals surface area contributed by atoms with E-state index in [9.17, 15) is 13.2 Å². The van der Waals surface area contributed by atoms with Gasteiger partial charge in [-0.05, 0) is 31.0 Å². The number of carbonyl (C=O) groups is 1. The molecule has 0 saturated carbocycles. The zero-order valence-corrected chi connectivity index (χ0v) is 15.6. The average molecular weight is 366 g/mol. The van der Waals surface area contributed by atoms with Gasteiger partial charge in [0.25, 0.3) is 0 Å². The summed E-state index contributed by atoms with van der Waals surface area (Å²) in [4.78, 5) is 16.5. The molecule has 138 valence electrons. The molecule has 0 atom stereocenters. The monoisotopic (exact) mass is 366 g/mol. The minimum atomic E-state index is -3.76. The van der Waals surface area contributed by atoms with Gasteiger partial charge in [0, 0.05) is 25.9 Å². The lowest BCUT2D eigenvalue weighted by molar-refractivity contribution is -0.121. The number of hydrogen-bond acceptors (Lipinski definition) is 4. The van der Waals surface area contributed by atoms with Gasteiger partial charge in [-0.25, -0.2) is 18.5 Å². The summed E-state index contributed by atoms with van der Waals surface area (Å²) in [5.41, 5.74) is 1.44. The zero-order valence-electron chi connectivity index (χ0n) is 14.8. The van der Waals surface area contributed by atoms with E-state index in [1.165, 1.54) is 12.1 Å². The van der Waals surface area contributed by atoms with Crippen LogP contribution in [0.1, 0.15) is 45.4 Å². The minimum Gasteiger partial charge on any atom is -0.356 e. The minimum absolute atomic E-state index is 0.00813. The van der Waals surface area contributed by atoms with Crippen LogP contribution < -0.4 is 10.5 Å². The number of aromatic nitrogens is 2. The molecule has 2 rings (SSSR count). The van der Waals surface area contributed by atoms with Gasteiger partial charge in [0.15, 0.2) is 0 Å². The van der Waals surface area contributed by atoms with Crippen LogP contribution in [0.25, 0.3) is 11.0 Å². The first-order valence-corrected chi connectivity index (χ1v) is 10.2. The Hall–Kier alpha value is -1.93. The van der Waals surface area contributed by atoms with E-state index in [4.69, 9.17) is 5.14 Å². The van der Waals surface area contributed by atoms with Crippen molar-refractivity contribution in [1.82, 2.24) is 14.9 Å². The molecule has 3 N–H and O–H groups in total. The molecule has 0 aliphatic heterocycles. The van der Waals surface area contributed by atoms with Crippen LogP contribution in [-0.2, 0) is 27.8 Å². The normalized spacial score (nSPS) is 11.8. The molecule has 0 aliphatic carbocycles. The van der Waals surface area contributed by atoms with E-state index in [2.05, 4.69) is 24.1 Å². The number of rotatable bonds is 9. The summed E-state index contributed by atoms with van der Waals surface area (Å²) in [6.45, 7) is 5.59. The molecule has 1 heterocycles. The molecule has 0 fully saturated rings. The fourth-order valence-electron chi connectivity index (χ4n) is 2.72. The molecular formula is C17H26N4O3S. The summed E-state index contributed by atoms with van der Waals surface area (Å²) in [6, 6.07) is 4.71. The van der Waals surface area contributed by atoms with Gasteiger partial charge >= 0.3 is 0 Å². The van der Waals surface area contributed by atoms with Gasteiger partial charge in [-0.2, -0.15) is 0 Å². The van der Waals surface area contributed by atoms with Gasteiger partial charge in [0.1, 0.15) is 5.82 Å². The standard InChI is InChI=1S/C17H26N4O3S/c1-3-5-10-19-17(22)9-8-16-20-14-12-13(25(18,23)24)6-7-15(14)21(16)11-4-2/h6-7,12H,3-5,8-11H2,1-2H3,(H,19,22)(H2,18,23,24). The van der Waals surface area contributed by atoms with Crippen LogP contribution in [-0.4, -0.2) is 30.4 Å². The molecule has 0 bridgehead atoms. The second-order valence-corrected chi connectivity index (χ2v) is 7.64. The molecule has 0 aliphatic rings. The number of unbranched alkanes of at least 4 members (excludes halogenated alkanes) is 1. The third kappa shape index (κ3) is 5.02. The summed E-state index contributed by atoms with van der Waals surface area (Å²) in [7, 11) is -3.76. The average Bonchev–Trinajstić information content (AvgIpc) is 2.90. The van der Waals surface area contributed by atoms with E-state index in [1.807, 2.05) is 4.57 Å². The van der Waals surface area contributed by atoms with E-state index < -0.39 is 10.0 Å². The predicted octanol–water partition coefficient (Wildman–Crippen LogP) is 1.94. The Kier molecular flexibility index (Phi) is 6.55. The van der Waals surface area contributed by atoms with Crippen LogP contribution in [0.4, 0.5) is 0 Å². The molecule has 25 heavy (non-hydrogen) atoms. The Morgan fingerprint density at radius 2 is 2.04 bits per heavy atom. The quantitative estimate of drug-likeness (QED) is 0.661. The van der Waals surface area contributed by atoms with Gasteiger partial charge in [-0.15, -0.1) is 0 Å². The third-order valence-electron chi connectivity index (χ3n) is 4.00. The van der Waals surface area contributed by atoms with Gasteiger partial charge in [-0.3, -0.25) is 4.79 Å². The Balaban J connectivity index is 2.23. The Morgan fingerprint density at radius 1 is 1.28 bits per heavy atom. The molecule has 8 heteroatoms. The van der Waals surface area contributed by atoms with E-state index in [0.717, 1.165) is 37.1 Å². The number of imidazole rings is 1. The number of benzene rings is 1. The molecule has 0 saturated heterocycles. The largest absolute Gasteiger partial charge is 0.356 e. The zero-order chi connectivity index (χ0) is 18.4. The molecule has 1 amide bonds. The topological polar surface area (TPSA) is 107 Å². The van der Waals surface area contributed by atoms with Crippen molar-refractivity contribution in [2.24, 2.45) is 5.14 Å². The van der Waals surface area contributed by atoms with Crippen LogP contribution in [0.5, 0.6) is 0 Å². The van der Waals surface area contributed by atoms with Crippen molar-refractivity contribution in [3.63, 3.8) is 0 Å².